The molecule has 0 saturated heterocycles. The van der Waals surface area contributed by atoms with Crippen molar-refractivity contribution in [3.8, 4) is 11.3 Å². The molecule has 0 aliphatic carbocycles. The van der Waals surface area contributed by atoms with Crippen LogP contribution in [-0.2, 0) is 13.1 Å². The van der Waals surface area contributed by atoms with Crippen molar-refractivity contribution in [2.75, 3.05) is 37.4 Å². The SMILES string of the molecule is Cc1ccc(C(=O)NCc2ccccc2)cc1-c1nc(NCCN(C)C)nc2c1CNC(=O)N2c1c(F)cccc1F. The molecule has 4 aromatic rings. The van der Waals surface area contributed by atoms with Crippen molar-refractivity contribution in [2.45, 2.75) is 20.0 Å². The summed E-state index contributed by atoms with van der Waals surface area (Å²) < 4.78 is 29.9. The molecule has 0 fully saturated rings. The average Bonchev–Trinajstić information content (AvgIpc) is 2.97. The van der Waals surface area contributed by atoms with Crippen LogP contribution < -0.4 is 20.9 Å². The zero-order valence-corrected chi connectivity index (χ0v) is 23.5. The van der Waals surface area contributed by atoms with Crippen LogP contribution in [0.5, 0.6) is 0 Å². The number of benzene rings is 3. The number of hydrogen-bond donors (Lipinski definition) is 3. The summed E-state index contributed by atoms with van der Waals surface area (Å²) >= 11 is 0. The first-order valence-corrected chi connectivity index (χ1v) is 13.5. The highest BCUT2D eigenvalue weighted by atomic mass is 19.1. The van der Waals surface area contributed by atoms with Crippen LogP contribution in [-0.4, -0.2) is 54.0 Å². The molecule has 216 valence electrons. The van der Waals surface area contributed by atoms with Gasteiger partial charge in [0.25, 0.3) is 5.91 Å². The van der Waals surface area contributed by atoms with Gasteiger partial charge < -0.3 is 20.9 Å². The van der Waals surface area contributed by atoms with Gasteiger partial charge in [0.15, 0.2) is 5.82 Å². The van der Waals surface area contributed by atoms with Crippen molar-refractivity contribution in [2.24, 2.45) is 0 Å². The van der Waals surface area contributed by atoms with Gasteiger partial charge in [0.1, 0.15) is 17.3 Å². The first kappa shape index (κ1) is 28.6. The first-order valence-electron chi connectivity index (χ1n) is 13.5. The maximum absolute atomic E-state index is 14.9. The molecule has 3 aromatic carbocycles. The number of aromatic nitrogens is 2. The quantitative estimate of drug-likeness (QED) is 0.262. The Bertz CT molecular complexity index is 1610. The number of amides is 3. The zero-order valence-electron chi connectivity index (χ0n) is 23.5. The third kappa shape index (κ3) is 6.06. The molecule has 5 rings (SSSR count). The van der Waals surface area contributed by atoms with Gasteiger partial charge in [0.2, 0.25) is 5.95 Å². The fraction of sp³-hybridized carbons (Fsp3) is 0.226. The van der Waals surface area contributed by atoms with Gasteiger partial charge in [-0.2, -0.15) is 4.98 Å². The molecule has 0 spiro atoms. The van der Waals surface area contributed by atoms with Crippen molar-refractivity contribution in [1.82, 2.24) is 25.5 Å². The summed E-state index contributed by atoms with van der Waals surface area (Å²) in [5.41, 5.74) is 3.18. The van der Waals surface area contributed by atoms with Gasteiger partial charge in [-0.1, -0.05) is 42.5 Å². The van der Waals surface area contributed by atoms with Crippen molar-refractivity contribution in [3.05, 3.63) is 101 Å². The Morgan fingerprint density at radius 3 is 2.48 bits per heavy atom. The van der Waals surface area contributed by atoms with Gasteiger partial charge in [-0.15, -0.1) is 0 Å². The number of halogens is 2. The third-order valence-electron chi connectivity index (χ3n) is 6.87. The topological polar surface area (TPSA) is 102 Å². The normalized spacial score (nSPS) is 12.6. The second-order valence-corrected chi connectivity index (χ2v) is 10.2. The van der Waals surface area contributed by atoms with Gasteiger partial charge >= 0.3 is 6.03 Å². The molecule has 1 aromatic heterocycles. The second kappa shape index (κ2) is 12.3. The Hall–Kier alpha value is -4.90. The summed E-state index contributed by atoms with van der Waals surface area (Å²) in [5.74, 6) is -1.85. The van der Waals surface area contributed by atoms with Crippen LogP contribution in [0, 0.1) is 18.6 Å². The monoisotopic (exact) mass is 571 g/mol. The minimum Gasteiger partial charge on any atom is -0.353 e. The number of fused-ring (bicyclic) bond motifs is 1. The van der Waals surface area contributed by atoms with Crippen LogP contribution in [0.4, 0.5) is 31.0 Å². The summed E-state index contributed by atoms with van der Waals surface area (Å²) in [7, 11) is 3.84. The summed E-state index contributed by atoms with van der Waals surface area (Å²) in [4.78, 5) is 38.4. The zero-order chi connectivity index (χ0) is 29.8. The van der Waals surface area contributed by atoms with Crippen molar-refractivity contribution >= 4 is 29.4 Å². The largest absolute Gasteiger partial charge is 0.353 e. The van der Waals surface area contributed by atoms with Crippen LogP contribution >= 0.6 is 0 Å². The van der Waals surface area contributed by atoms with E-state index >= 15 is 0 Å². The van der Waals surface area contributed by atoms with E-state index in [1.54, 1.807) is 12.1 Å². The predicted molar refractivity (Wildman–Crippen MR) is 158 cm³/mol. The molecule has 3 amide bonds. The smallest absolute Gasteiger partial charge is 0.328 e. The maximum Gasteiger partial charge on any atom is 0.328 e. The number of carbonyl (C=O) groups is 2. The van der Waals surface area contributed by atoms with Gasteiger partial charge in [0, 0.05) is 36.3 Å². The van der Waals surface area contributed by atoms with Crippen molar-refractivity contribution in [3.63, 3.8) is 0 Å². The molecule has 0 atom stereocenters. The van der Waals surface area contributed by atoms with Crippen molar-refractivity contribution < 1.29 is 18.4 Å². The molecule has 0 unspecified atom stereocenters. The van der Waals surface area contributed by atoms with Gasteiger partial charge in [-0.05, 0) is 56.4 Å². The third-order valence-corrected chi connectivity index (χ3v) is 6.87. The molecule has 0 saturated carbocycles. The molecular formula is C31H31F2N7O2. The number of urea groups is 1. The number of hydrogen-bond acceptors (Lipinski definition) is 6. The Balaban J connectivity index is 1.60. The van der Waals surface area contributed by atoms with E-state index in [0.717, 1.165) is 28.2 Å². The molecular weight excluding hydrogens is 540 g/mol. The molecule has 11 heteroatoms. The second-order valence-electron chi connectivity index (χ2n) is 10.2. The lowest BCUT2D eigenvalue weighted by Crippen LogP contribution is -2.43. The van der Waals surface area contributed by atoms with E-state index in [9.17, 15) is 18.4 Å². The van der Waals surface area contributed by atoms with E-state index in [4.69, 9.17) is 4.98 Å². The molecule has 0 bridgehead atoms. The van der Waals surface area contributed by atoms with Crippen molar-refractivity contribution in [1.29, 1.82) is 0 Å². The van der Waals surface area contributed by atoms with E-state index in [-0.39, 0.29) is 24.2 Å². The number of likely N-dealkylation sites (N-methyl/N-ethyl adjacent to an activating group) is 1. The molecule has 0 radical (unpaired) electrons. The molecule has 1 aliphatic heterocycles. The fourth-order valence-corrected chi connectivity index (χ4v) is 4.66. The summed E-state index contributed by atoms with van der Waals surface area (Å²) in [6.45, 7) is 3.41. The number of aryl methyl sites for hydroxylation is 1. The van der Waals surface area contributed by atoms with E-state index < -0.39 is 23.4 Å². The maximum atomic E-state index is 14.9. The highest BCUT2D eigenvalue weighted by Gasteiger charge is 2.34. The minimum absolute atomic E-state index is 0.0257. The van der Waals surface area contributed by atoms with Gasteiger partial charge in [0.05, 0.1) is 12.2 Å². The van der Waals surface area contributed by atoms with Gasteiger partial charge in [-0.25, -0.2) is 23.5 Å². The molecule has 42 heavy (non-hydrogen) atoms. The molecule has 1 aliphatic rings. The molecule has 3 N–H and O–H groups in total. The molecule has 2 heterocycles. The summed E-state index contributed by atoms with van der Waals surface area (Å²) in [5, 5.41) is 8.79. The van der Waals surface area contributed by atoms with E-state index in [2.05, 4.69) is 20.9 Å². The van der Waals surface area contributed by atoms with E-state index in [0.29, 0.717) is 42.0 Å². The molecule has 9 nitrogen and oxygen atoms in total. The Kier molecular flexibility index (Phi) is 8.39. The Morgan fingerprint density at radius 1 is 1.02 bits per heavy atom. The lowest BCUT2D eigenvalue weighted by atomic mass is 9.97. The average molecular weight is 572 g/mol. The summed E-state index contributed by atoms with van der Waals surface area (Å²) in [6, 6.07) is 17.5. The number of rotatable bonds is 9. The van der Waals surface area contributed by atoms with Crippen LogP contribution in [0.3, 0.4) is 0 Å². The van der Waals surface area contributed by atoms with Crippen LogP contribution in [0.25, 0.3) is 11.3 Å². The minimum atomic E-state index is -0.909. The standard InChI is InChI=1S/C31H31F2N7O2/c1-19-12-13-21(29(41)35-17-20-8-5-4-6-9-20)16-22(19)26-23-18-36-31(42)40(27-24(32)10-7-11-25(27)33)28(23)38-30(37-26)34-14-15-39(2)3/h4-13,16H,14-15,17-18H2,1-3H3,(H,35,41)(H,36,42)(H,34,37,38). The number of nitrogens with zero attached hydrogens (tertiary/aromatic N) is 4. The summed E-state index contributed by atoms with van der Waals surface area (Å²) in [6.07, 6.45) is 0. The van der Waals surface area contributed by atoms with E-state index in [1.165, 1.54) is 6.07 Å². The number of nitrogens with one attached hydrogen (secondary N) is 3. The van der Waals surface area contributed by atoms with Crippen LogP contribution in [0.2, 0.25) is 0 Å². The number of para-hydroxylation sites is 1. The van der Waals surface area contributed by atoms with Crippen LogP contribution in [0.1, 0.15) is 27.0 Å². The Labute approximate surface area is 242 Å². The van der Waals surface area contributed by atoms with Crippen LogP contribution in [0.15, 0.2) is 66.7 Å². The number of anilines is 3. The first-order chi connectivity index (χ1) is 20.2. The predicted octanol–water partition coefficient (Wildman–Crippen LogP) is 5.00. The highest BCUT2D eigenvalue weighted by molar-refractivity contribution is 6.02. The Morgan fingerprint density at radius 2 is 1.76 bits per heavy atom. The van der Waals surface area contributed by atoms with E-state index in [1.807, 2.05) is 62.3 Å². The number of carbonyl (C=O) groups excluding carboxylic acids is 2. The highest BCUT2D eigenvalue weighted by Crippen LogP contribution is 2.39. The lowest BCUT2D eigenvalue weighted by molar-refractivity contribution is 0.0951. The fourth-order valence-electron chi connectivity index (χ4n) is 4.66. The lowest BCUT2D eigenvalue weighted by Gasteiger charge is -2.31. The van der Waals surface area contributed by atoms with Gasteiger partial charge in [-0.3, -0.25) is 4.79 Å².